The van der Waals surface area contributed by atoms with Crippen LogP contribution in [0.5, 0.6) is 5.75 Å². The molecule has 0 saturated heterocycles. The second-order valence-electron chi connectivity index (χ2n) is 6.07. The Morgan fingerprint density at radius 2 is 1.96 bits per heavy atom. The van der Waals surface area contributed by atoms with Crippen LogP contribution in [0.2, 0.25) is 0 Å². The summed E-state index contributed by atoms with van der Waals surface area (Å²) >= 11 is 5.20. The molecule has 26 heavy (non-hydrogen) atoms. The zero-order valence-corrected chi connectivity index (χ0v) is 17.1. The summed E-state index contributed by atoms with van der Waals surface area (Å²) in [6.07, 6.45) is 0.360. The zero-order valence-electron chi connectivity index (χ0n) is 15.4. The molecule has 1 rings (SSSR count). The monoisotopic (exact) mass is 403 g/mol. The van der Waals surface area contributed by atoms with Crippen LogP contribution < -0.4 is 14.8 Å². The van der Waals surface area contributed by atoms with Crippen LogP contribution in [0.1, 0.15) is 26.3 Å². The SMILES string of the molecule is CNC(=S)N(C(=O)C(C)Cc1ccc(OC)c(NS(=O)(=O)O)c1)C(C)C. The fourth-order valence-electron chi connectivity index (χ4n) is 2.49. The lowest BCUT2D eigenvalue weighted by atomic mass is 9.98. The molecule has 0 heterocycles. The molecule has 1 aromatic rings. The molecule has 1 amide bonds. The van der Waals surface area contributed by atoms with E-state index in [1.165, 1.54) is 18.1 Å². The van der Waals surface area contributed by atoms with Crippen molar-refractivity contribution in [3.05, 3.63) is 23.8 Å². The van der Waals surface area contributed by atoms with Gasteiger partial charge in [0.15, 0.2) is 5.11 Å². The number of methoxy groups -OCH3 is 1. The van der Waals surface area contributed by atoms with Crippen molar-refractivity contribution in [2.45, 2.75) is 33.2 Å². The average molecular weight is 404 g/mol. The van der Waals surface area contributed by atoms with Gasteiger partial charge in [0, 0.05) is 19.0 Å². The molecular formula is C16H25N3O5S2. The number of carbonyl (C=O) groups excluding carboxylic acids is 1. The van der Waals surface area contributed by atoms with Gasteiger partial charge in [0.1, 0.15) is 5.75 Å². The molecule has 146 valence electrons. The number of nitrogens with zero attached hydrogens (tertiary/aromatic N) is 1. The van der Waals surface area contributed by atoms with Crippen LogP contribution in [0.4, 0.5) is 5.69 Å². The smallest absolute Gasteiger partial charge is 0.357 e. The molecular weight excluding hydrogens is 378 g/mol. The van der Waals surface area contributed by atoms with Gasteiger partial charge in [0.25, 0.3) is 0 Å². The number of hydrogen-bond donors (Lipinski definition) is 3. The first-order valence-electron chi connectivity index (χ1n) is 7.97. The summed E-state index contributed by atoms with van der Waals surface area (Å²) < 4.78 is 38.2. The van der Waals surface area contributed by atoms with E-state index >= 15 is 0 Å². The second-order valence-corrected chi connectivity index (χ2v) is 7.62. The Labute approximate surface area is 159 Å². The minimum Gasteiger partial charge on any atom is -0.495 e. The predicted octanol–water partition coefficient (Wildman–Crippen LogP) is 1.83. The molecule has 3 N–H and O–H groups in total. The summed E-state index contributed by atoms with van der Waals surface area (Å²) in [5, 5.41) is 3.16. The molecule has 0 spiro atoms. The maximum Gasteiger partial charge on any atom is 0.357 e. The zero-order chi connectivity index (χ0) is 20.1. The predicted molar refractivity (Wildman–Crippen MR) is 105 cm³/mol. The molecule has 0 fully saturated rings. The van der Waals surface area contributed by atoms with E-state index < -0.39 is 16.2 Å². The van der Waals surface area contributed by atoms with Gasteiger partial charge in [-0.2, -0.15) is 8.42 Å². The Kier molecular flexibility index (Phi) is 7.79. The number of anilines is 1. The summed E-state index contributed by atoms with van der Waals surface area (Å²) in [6.45, 7) is 5.52. The van der Waals surface area contributed by atoms with Crippen LogP contribution in [0.25, 0.3) is 0 Å². The molecule has 0 bridgehead atoms. The third-order valence-electron chi connectivity index (χ3n) is 3.65. The number of carbonyl (C=O) groups is 1. The van der Waals surface area contributed by atoms with Crippen LogP contribution in [0, 0.1) is 5.92 Å². The number of rotatable bonds is 7. The van der Waals surface area contributed by atoms with E-state index in [2.05, 4.69) is 5.32 Å². The molecule has 0 aliphatic heterocycles. The number of amides is 1. The Hall–Kier alpha value is -1.91. The molecule has 1 atom stereocenters. The van der Waals surface area contributed by atoms with Crippen molar-refractivity contribution in [1.29, 1.82) is 0 Å². The highest BCUT2D eigenvalue weighted by molar-refractivity contribution is 7.87. The number of hydrogen-bond acceptors (Lipinski definition) is 5. The maximum absolute atomic E-state index is 12.7. The first kappa shape index (κ1) is 22.1. The third-order valence-corrected chi connectivity index (χ3v) is 4.53. The largest absolute Gasteiger partial charge is 0.495 e. The van der Waals surface area contributed by atoms with E-state index in [9.17, 15) is 13.2 Å². The highest BCUT2D eigenvalue weighted by atomic mass is 32.2. The van der Waals surface area contributed by atoms with E-state index in [0.717, 1.165) is 0 Å². The molecule has 0 radical (unpaired) electrons. The van der Waals surface area contributed by atoms with E-state index in [4.69, 9.17) is 21.5 Å². The summed E-state index contributed by atoms with van der Waals surface area (Å²) in [5.41, 5.74) is 0.801. The summed E-state index contributed by atoms with van der Waals surface area (Å²) in [4.78, 5) is 14.3. The minimum absolute atomic E-state index is 0.0959. The lowest BCUT2D eigenvalue weighted by molar-refractivity contribution is -0.132. The van der Waals surface area contributed by atoms with Crippen molar-refractivity contribution in [3.63, 3.8) is 0 Å². The normalized spacial score (nSPS) is 12.4. The Bertz CT molecular complexity index is 765. The minimum atomic E-state index is -4.44. The van der Waals surface area contributed by atoms with Crippen LogP contribution in [0.3, 0.4) is 0 Å². The molecule has 10 heteroatoms. The van der Waals surface area contributed by atoms with Gasteiger partial charge in [-0.3, -0.25) is 19.0 Å². The van der Waals surface area contributed by atoms with Gasteiger partial charge in [-0.25, -0.2) is 0 Å². The Morgan fingerprint density at radius 1 is 1.35 bits per heavy atom. The van der Waals surface area contributed by atoms with E-state index in [1.807, 2.05) is 18.6 Å². The molecule has 1 unspecified atom stereocenters. The van der Waals surface area contributed by atoms with Gasteiger partial charge in [-0.15, -0.1) is 0 Å². The first-order valence-corrected chi connectivity index (χ1v) is 9.81. The summed E-state index contributed by atoms with van der Waals surface area (Å²) in [7, 11) is -1.40. The first-order chi connectivity index (χ1) is 12.0. The van der Waals surface area contributed by atoms with Crippen molar-refractivity contribution in [3.8, 4) is 5.75 Å². The topological polar surface area (TPSA) is 108 Å². The number of thiocarbonyl (C=S) groups is 1. The number of nitrogens with one attached hydrogen (secondary N) is 2. The molecule has 0 aromatic heterocycles. The average Bonchev–Trinajstić information content (AvgIpc) is 2.53. The fourth-order valence-corrected chi connectivity index (χ4v) is 3.23. The second kappa shape index (κ2) is 9.15. The van der Waals surface area contributed by atoms with Gasteiger partial charge < -0.3 is 10.1 Å². The molecule has 0 saturated carbocycles. The number of benzene rings is 1. The third kappa shape index (κ3) is 6.11. The van der Waals surface area contributed by atoms with E-state index in [-0.39, 0.29) is 23.4 Å². The van der Waals surface area contributed by atoms with Crippen LogP contribution in [-0.4, -0.2) is 49.1 Å². The van der Waals surface area contributed by atoms with Crippen LogP contribution in [0.15, 0.2) is 18.2 Å². The number of ether oxygens (including phenoxy) is 1. The quantitative estimate of drug-likeness (QED) is 0.471. The summed E-state index contributed by atoms with van der Waals surface area (Å²) in [5.74, 6) is -0.277. The van der Waals surface area contributed by atoms with Crippen molar-refractivity contribution in [1.82, 2.24) is 10.2 Å². The van der Waals surface area contributed by atoms with Gasteiger partial charge in [0.05, 0.1) is 12.8 Å². The molecule has 0 aliphatic carbocycles. The van der Waals surface area contributed by atoms with E-state index in [1.54, 1.807) is 26.1 Å². The van der Waals surface area contributed by atoms with Gasteiger partial charge >= 0.3 is 10.3 Å². The lowest BCUT2D eigenvalue weighted by Gasteiger charge is -2.29. The molecule has 8 nitrogen and oxygen atoms in total. The Morgan fingerprint density at radius 3 is 2.42 bits per heavy atom. The van der Waals surface area contributed by atoms with Crippen molar-refractivity contribution >= 4 is 39.2 Å². The van der Waals surface area contributed by atoms with Crippen molar-refractivity contribution < 1.29 is 22.5 Å². The fraction of sp³-hybridized carbons (Fsp3) is 0.500. The molecule has 1 aromatic carbocycles. The van der Waals surface area contributed by atoms with E-state index in [0.29, 0.717) is 17.1 Å². The molecule has 0 aliphatic rings. The van der Waals surface area contributed by atoms with Crippen molar-refractivity contribution in [2.24, 2.45) is 5.92 Å². The van der Waals surface area contributed by atoms with Crippen molar-refractivity contribution in [2.75, 3.05) is 18.9 Å². The lowest BCUT2D eigenvalue weighted by Crippen LogP contribution is -2.48. The van der Waals surface area contributed by atoms with Gasteiger partial charge in [0.2, 0.25) is 5.91 Å². The van der Waals surface area contributed by atoms with Gasteiger partial charge in [-0.05, 0) is 50.2 Å². The maximum atomic E-state index is 12.7. The van der Waals surface area contributed by atoms with Crippen LogP contribution in [-0.2, 0) is 21.5 Å². The highest BCUT2D eigenvalue weighted by Gasteiger charge is 2.26. The highest BCUT2D eigenvalue weighted by Crippen LogP contribution is 2.27. The standard InChI is InChI=1S/C16H25N3O5S2/c1-10(2)19(16(25)17-4)15(20)11(3)8-12-6-7-14(24-5)13(9-12)18-26(21,22)23/h6-7,9-11,18H,8H2,1-5H3,(H,17,25)(H,21,22,23). The summed E-state index contributed by atoms with van der Waals surface area (Å²) in [6, 6.07) is 4.72. The Balaban J connectivity index is 3.05. The van der Waals surface area contributed by atoms with Gasteiger partial charge in [-0.1, -0.05) is 13.0 Å². The van der Waals surface area contributed by atoms with Crippen LogP contribution >= 0.6 is 12.2 Å².